The number of urea groups is 1. The predicted octanol–water partition coefficient (Wildman–Crippen LogP) is 5.33. The van der Waals surface area contributed by atoms with Crippen molar-refractivity contribution in [3.8, 4) is 5.75 Å². The number of amides is 2. The molecule has 1 aliphatic carbocycles. The molecule has 2 aliphatic rings. The van der Waals surface area contributed by atoms with E-state index in [-0.39, 0.29) is 12.1 Å². The van der Waals surface area contributed by atoms with Gasteiger partial charge in [0.2, 0.25) is 0 Å². The second-order valence-electron chi connectivity index (χ2n) is 9.16. The molecule has 1 saturated heterocycles. The Morgan fingerprint density at radius 3 is 2.19 bits per heavy atom. The van der Waals surface area contributed by atoms with E-state index >= 15 is 0 Å². The molecule has 0 unspecified atom stereocenters. The fourth-order valence-electron chi connectivity index (χ4n) is 4.34. The third-order valence-electron chi connectivity index (χ3n) is 6.71. The largest absolute Gasteiger partial charge is 0.490 e. The average molecular weight is 422 g/mol. The van der Waals surface area contributed by atoms with Gasteiger partial charge in [-0.2, -0.15) is 0 Å². The molecule has 2 aromatic carbocycles. The zero-order valence-electron chi connectivity index (χ0n) is 19.0. The monoisotopic (exact) mass is 421 g/mol. The van der Waals surface area contributed by atoms with Gasteiger partial charge >= 0.3 is 6.03 Å². The minimum absolute atomic E-state index is 0.00840. The van der Waals surface area contributed by atoms with Gasteiger partial charge in [-0.15, -0.1) is 0 Å². The molecular weight excluding hydrogens is 386 g/mol. The summed E-state index contributed by atoms with van der Waals surface area (Å²) in [5, 5.41) is 3.00. The molecule has 0 radical (unpaired) electrons. The molecule has 1 atom stereocenters. The first-order valence-corrected chi connectivity index (χ1v) is 11.6. The second-order valence-corrected chi connectivity index (χ2v) is 9.16. The lowest BCUT2D eigenvalue weighted by Gasteiger charge is -2.34. The number of hydrogen-bond acceptors (Lipinski definition) is 3. The lowest BCUT2D eigenvalue weighted by atomic mass is 9.89. The van der Waals surface area contributed by atoms with Crippen LogP contribution >= 0.6 is 0 Å². The zero-order valence-corrected chi connectivity index (χ0v) is 19.0. The van der Waals surface area contributed by atoms with Crippen LogP contribution in [0, 0.1) is 0 Å². The van der Waals surface area contributed by atoms with Gasteiger partial charge in [-0.05, 0) is 80.3 Å². The Labute approximate surface area is 186 Å². The average Bonchev–Trinajstić information content (AvgIpc) is 2.77. The summed E-state index contributed by atoms with van der Waals surface area (Å²) >= 11 is 0. The van der Waals surface area contributed by atoms with Gasteiger partial charge in [0, 0.05) is 32.9 Å². The van der Waals surface area contributed by atoms with Crippen LogP contribution in [0.5, 0.6) is 5.75 Å². The van der Waals surface area contributed by atoms with Gasteiger partial charge in [-0.25, -0.2) is 4.79 Å². The molecule has 2 amide bonds. The number of piperidine rings is 1. The van der Waals surface area contributed by atoms with Crippen LogP contribution < -0.4 is 15.0 Å². The summed E-state index contributed by atoms with van der Waals surface area (Å²) in [4.78, 5) is 15.9. The van der Waals surface area contributed by atoms with Crippen molar-refractivity contribution in [1.82, 2.24) is 10.2 Å². The molecule has 1 saturated carbocycles. The number of nitrogens with zero attached hydrogens (tertiary/aromatic N) is 2. The first-order valence-electron chi connectivity index (χ1n) is 11.6. The SMILES string of the molecule is C[C@H](NC(=O)N(C)C)c1ccc(N2CCC(c3ccc(OC4CCC4)cc3)CC2)cc1. The standard InChI is InChI=1S/C26H35N3O2/c1-19(27-26(30)28(2)3)20-7-11-23(12-8-20)29-17-15-22(16-18-29)21-9-13-25(14-10-21)31-24-5-4-6-24/h7-14,19,22,24H,4-6,15-18H2,1-3H3,(H,27,30)/t19-/m0/s1. The summed E-state index contributed by atoms with van der Waals surface area (Å²) < 4.78 is 5.99. The van der Waals surface area contributed by atoms with Gasteiger partial charge in [0.15, 0.2) is 0 Å². The topological polar surface area (TPSA) is 44.8 Å². The number of benzene rings is 2. The van der Waals surface area contributed by atoms with Gasteiger partial charge in [0.1, 0.15) is 5.75 Å². The number of hydrogen-bond donors (Lipinski definition) is 1. The van der Waals surface area contributed by atoms with E-state index in [0.29, 0.717) is 12.0 Å². The molecule has 31 heavy (non-hydrogen) atoms. The molecule has 0 aromatic heterocycles. The molecule has 1 heterocycles. The number of ether oxygens (including phenoxy) is 1. The van der Waals surface area contributed by atoms with Crippen LogP contribution in [0.1, 0.15) is 62.1 Å². The third kappa shape index (κ3) is 5.33. The number of carbonyl (C=O) groups is 1. The second kappa shape index (κ2) is 9.63. The van der Waals surface area contributed by atoms with Crippen molar-refractivity contribution in [1.29, 1.82) is 0 Å². The molecule has 5 nitrogen and oxygen atoms in total. The molecular formula is C26H35N3O2. The number of carbonyl (C=O) groups excluding carboxylic acids is 1. The molecule has 2 fully saturated rings. The van der Waals surface area contributed by atoms with E-state index < -0.39 is 0 Å². The van der Waals surface area contributed by atoms with E-state index in [4.69, 9.17) is 4.74 Å². The van der Waals surface area contributed by atoms with Gasteiger partial charge in [-0.1, -0.05) is 24.3 Å². The van der Waals surface area contributed by atoms with Gasteiger partial charge in [0.25, 0.3) is 0 Å². The maximum Gasteiger partial charge on any atom is 0.317 e. The Morgan fingerprint density at radius 2 is 1.65 bits per heavy atom. The Kier molecular flexibility index (Phi) is 6.69. The van der Waals surface area contributed by atoms with Crippen LogP contribution in [0.2, 0.25) is 0 Å². The van der Waals surface area contributed by atoms with Gasteiger partial charge < -0.3 is 19.9 Å². The van der Waals surface area contributed by atoms with Crippen LogP contribution in [0.25, 0.3) is 0 Å². The maximum atomic E-state index is 11.9. The molecule has 166 valence electrons. The van der Waals surface area contributed by atoms with E-state index in [9.17, 15) is 4.79 Å². The lowest BCUT2D eigenvalue weighted by molar-refractivity contribution is 0.120. The first kappa shape index (κ1) is 21.5. The molecule has 0 spiro atoms. The Balaban J connectivity index is 1.28. The molecule has 2 aromatic rings. The third-order valence-corrected chi connectivity index (χ3v) is 6.71. The number of anilines is 1. The molecule has 1 N–H and O–H groups in total. The van der Waals surface area contributed by atoms with E-state index in [2.05, 4.69) is 58.7 Å². The van der Waals surface area contributed by atoms with Crippen molar-refractivity contribution in [3.05, 3.63) is 59.7 Å². The van der Waals surface area contributed by atoms with Crippen molar-refractivity contribution >= 4 is 11.7 Å². The highest BCUT2D eigenvalue weighted by Crippen LogP contribution is 2.32. The van der Waals surface area contributed by atoms with Crippen LogP contribution in [0.4, 0.5) is 10.5 Å². The number of nitrogens with one attached hydrogen (secondary N) is 1. The van der Waals surface area contributed by atoms with Crippen LogP contribution in [0.15, 0.2) is 48.5 Å². The molecule has 4 rings (SSSR count). The van der Waals surface area contributed by atoms with E-state index in [1.54, 1.807) is 19.0 Å². The summed E-state index contributed by atoms with van der Waals surface area (Å²) in [5.41, 5.74) is 3.82. The van der Waals surface area contributed by atoms with Crippen LogP contribution in [-0.4, -0.2) is 44.2 Å². The summed E-state index contributed by atoms with van der Waals surface area (Å²) in [6, 6.07) is 17.3. The van der Waals surface area contributed by atoms with Crippen molar-refractivity contribution in [2.45, 2.75) is 57.1 Å². The number of rotatable bonds is 6. The van der Waals surface area contributed by atoms with Gasteiger partial charge in [-0.3, -0.25) is 0 Å². The minimum Gasteiger partial charge on any atom is -0.490 e. The van der Waals surface area contributed by atoms with Crippen LogP contribution in [0.3, 0.4) is 0 Å². The maximum absolute atomic E-state index is 11.9. The normalized spacial score (nSPS) is 18.2. The summed E-state index contributed by atoms with van der Waals surface area (Å²) in [6.07, 6.45) is 6.47. The summed E-state index contributed by atoms with van der Waals surface area (Å²) in [6.45, 7) is 4.15. The fourth-order valence-corrected chi connectivity index (χ4v) is 4.34. The smallest absolute Gasteiger partial charge is 0.317 e. The highest BCUT2D eigenvalue weighted by molar-refractivity contribution is 5.74. The Bertz CT molecular complexity index is 851. The summed E-state index contributed by atoms with van der Waals surface area (Å²) in [7, 11) is 3.51. The quantitative estimate of drug-likeness (QED) is 0.685. The van der Waals surface area contributed by atoms with E-state index in [1.165, 1.54) is 43.4 Å². The lowest BCUT2D eigenvalue weighted by Crippen LogP contribution is -2.36. The Morgan fingerprint density at radius 1 is 1.00 bits per heavy atom. The van der Waals surface area contributed by atoms with Crippen molar-refractivity contribution < 1.29 is 9.53 Å². The van der Waals surface area contributed by atoms with Gasteiger partial charge in [0.05, 0.1) is 12.1 Å². The fraction of sp³-hybridized carbons (Fsp3) is 0.500. The molecule has 1 aliphatic heterocycles. The van der Waals surface area contributed by atoms with E-state index in [1.807, 2.05) is 6.92 Å². The zero-order chi connectivity index (χ0) is 21.8. The van der Waals surface area contributed by atoms with E-state index in [0.717, 1.165) is 24.4 Å². The van der Waals surface area contributed by atoms with Crippen molar-refractivity contribution in [3.63, 3.8) is 0 Å². The molecule has 5 heteroatoms. The van der Waals surface area contributed by atoms with Crippen molar-refractivity contribution in [2.75, 3.05) is 32.1 Å². The predicted molar refractivity (Wildman–Crippen MR) is 126 cm³/mol. The highest BCUT2D eigenvalue weighted by atomic mass is 16.5. The Hall–Kier alpha value is -2.69. The first-order chi connectivity index (χ1) is 15.0. The molecule has 0 bridgehead atoms. The highest BCUT2D eigenvalue weighted by Gasteiger charge is 2.22. The summed E-state index contributed by atoms with van der Waals surface area (Å²) in [5.74, 6) is 1.64. The van der Waals surface area contributed by atoms with Crippen molar-refractivity contribution in [2.24, 2.45) is 0 Å². The van der Waals surface area contributed by atoms with Crippen LogP contribution in [-0.2, 0) is 0 Å². The minimum atomic E-state index is -0.0683.